The molecule has 0 saturated heterocycles. The number of nitrogens with one attached hydrogen (secondary N) is 1. The summed E-state index contributed by atoms with van der Waals surface area (Å²) in [6, 6.07) is 12.5. The van der Waals surface area contributed by atoms with Gasteiger partial charge < -0.3 is 5.32 Å². The van der Waals surface area contributed by atoms with Crippen LogP contribution in [0.3, 0.4) is 0 Å². The summed E-state index contributed by atoms with van der Waals surface area (Å²) in [5, 5.41) is 4.27. The fourth-order valence-electron chi connectivity index (χ4n) is 2.33. The first kappa shape index (κ1) is 14.8. The highest BCUT2D eigenvalue weighted by Crippen LogP contribution is 2.35. The van der Waals surface area contributed by atoms with Gasteiger partial charge in [-0.05, 0) is 36.2 Å². The molecule has 1 aromatic heterocycles. The molecular formula is C16H14BrClN2S. The van der Waals surface area contributed by atoms with Gasteiger partial charge >= 0.3 is 0 Å². The molecule has 0 bridgehead atoms. The lowest BCUT2D eigenvalue weighted by Crippen LogP contribution is -2.10. The zero-order chi connectivity index (χ0) is 14.8. The molecule has 3 aromatic rings. The Morgan fingerprint density at radius 2 is 2.00 bits per heavy atom. The van der Waals surface area contributed by atoms with Gasteiger partial charge in [-0.25, -0.2) is 4.98 Å². The van der Waals surface area contributed by atoms with Gasteiger partial charge in [-0.15, -0.1) is 11.3 Å². The SMILES string of the molecule is CCC(Nc1c(Cl)ccc2scnc12)c1ccc(Br)cc1. The first-order chi connectivity index (χ1) is 10.2. The van der Waals surface area contributed by atoms with E-state index in [1.807, 2.05) is 17.6 Å². The highest BCUT2D eigenvalue weighted by molar-refractivity contribution is 9.10. The molecule has 0 spiro atoms. The number of nitrogens with zero attached hydrogens (tertiary/aromatic N) is 1. The highest BCUT2D eigenvalue weighted by Gasteiger charge is 2.14. The Morgan fingerprint density at radius 1 is 1.24 bits per heavy atom. The molecule has 1 unspecified atom stereocenters. The van der Waals surface area contributed by atoms with Crippen LogP contribution in [0.15, 0.2) is 46.4 Å². The molecule has 5 heteroatoms. The quantitative estimate of drug-likeness (QED) is 0.575. The van der Waals surface area contributed by atoms with Gasteiger partial charge in [0.2, 0.25) is 0 Å². The minimum Gasteiger partial charge on any atom is -0.375 e. The molecule has 0 aliphatic rings. The average molecular weight is 382 g/mol. The van der Waals surface area contributed by atoms with E-state index in [4.69, 9.17) is 11.6 Å². The van der Waals surface area contributed by atoms with E-state index in [0.29, 0.717) is 5.02 Å². The van der Waals surface area contributed by atoms with Crippen molar-refractivity contribution in [1.29, 1.82) is 0 Å². The summed E-state index contributed by atoms with van der Waals surface area (Å²) in [6.45, 7) is 2.16. The summed E-state index contributed by atoms with van der Waals surface area (Å²) >= 11 is 11.5. The molecule has 0 aliphatic heterocycles. The van der Waals surface area contributed by atoms with Crippen molar-refractivity contribution < 1.29 is 0 Å². The van der Waals surface area contributed by atoms with E-state index in [1.165, 1.54) is 5.56 Å². The largest absolute Gasteiger partial charge is 0.375 e. The fraction of sp³-hybridized carbons (Fsp3) is 0.188. The summed E-state index contributed by atoms with van der Waals surface area (Å²) in [5.41, 5.74) is 4.96. The first-order valence-corrected chi connectivity index (χ1v) is 8.77. The maximum atomic E-state index is 6.37. The summed E-state index contributed by atoms with van der Waals surface area (Å²) in [5.74, 6) is 0. The predicted molar refractivity (Wildman–Crippen MR) is 95.4 cm³/mol. The van der Waals surface area contributed by atoms with E-state index < -0.39 is 0 Å². The van der Waals surface area contributed by atoms with Crippen molar-refractivity contribution >= 4 is 54.8 Å². The van der Waals surface area contributed by atoms with E-state index in [2.05, 4.69) is 57.4 Å². The van der Waals surface area contributed by atoms with Crippen molar-refractivity contribution in [3.05, 3.63) is 57.0 Å². The standard InChI is InChI=1S/C16H14BrClN2S/c1-2-13(10-3-5-11(17)6-4-10)20-15-12(18)7-8-14-16(15)19-9-21-14/h3-9,13,20H,2H2,1H3. The second-order valence-corrected chi connectivity index (χ2v) is 6.99. The maximum absolute atomic E-state index is 6.37. The van der Waals surface area contributed by atoms with Crippen molar-refractivity contribution in [3.8, 4) is 0 Å². The molecule has 0 aliphatic carbocycles. The minimum atomic E-state index is 0.211. The molecule has 3 rings (SSSR count). The third kappa shape index (κ3) is 3.07. The van der Waals surface area contributed by atoms with Gasteiger partial charge in [-0.1, -0.05) is 46.6 Å². The molecule has 2 nitrogen and oxygen atoms in total. The lowest BCUT2D eigenvalue weighted by molar-refractivity contribution is 0.750. The van der Waals surface area contributed by atoms with Crippen molar-refractivity contribution in [2.45, 2.75) is 19.4 Å². The van der Waals surface area contributed by atoms with Crippen LogP contribution >= 0.6 is 38.9 Å². The topological polar surface area (TPSA) is 24.9 Å². The number of halogens is 2. The Balaban J connectivity index is 1.97. The van der Waals surface area contributed by atoms with Crippen LogP contribution in [0.4, 0.5) is 5.69 Å². The van der Waals surface area contributed by atoms with E-state index in [9.17, 15) is 0 Å². The van der Waals surface area contributed by atoms with Crippen LogP contribution in [0.1, 0.15) is 24.9 Å². The number of anilines is 1. The third-order valence-corrected chi connectivity index (χ3v) is 5.09. The van der Waals surface area contributed by atoms with Crippen LogP contribution in [-0.2, 0) is 0 Å². The number of hydrogen-bond donors (Lipinski definition) is 1. The third-order valence-electron chi connectivity index (χ3n) is 3.45. The van der Waals surface area contributed by atoms with Gasteiger partial charge in [-0.3, -0.25) is 0 Å². The lowest BCUT2D eigenvalue weighted by atomic mass is 10.0. The Kier molecular flexibility index (Phi) is 4.48. The average Bonchev–Trinajstić information content (AvgIpc) is 2.96. The Labute approximate surface area is 141 Å². The normalized spacial score (nSPS) is 12.5. The molecule has 0 amide bonds. The smallest absolute Gasteiger partial charge is 0.106 e. The highest BCUT2D eigenvalue weighted by atomic mass is 79.9. The second-order valence-electron chi connectivity index (χ2n) is 4.78. The van der Waals surface area contributed by atoms with Gasteiger partial charge in [0.05, 0.1) is 27.0 Å². The van der Waals surface area contributed by atoms with E-state index in [1.54, 1.807) is 11.3 Å². The zero-order valence-corrected chi connectivity index (χ0v) is 14.6. The number of benzene rings is 2. The molecular weight excluding hydrogens is 368 g/mol. The predicted octanol–water partition coefficient (Wildman–Crippen LogP) is 6.28. The number of thiazole rings is 1. The van der Waals surface area contributed by atoms with Crippen LogP contribution in [0.25, 0.3) is 10.2 Å². The van der Waals surface area contributed by atoms with Gasteiger partial charge in [-0.2, -0.15) is 0 Å². The maximum Gasteiger partial charge on any atom is 0.106 e. The van der Waals surface area contributed by atoms with E-state index in [-0.39, 0.29) is 6.04 Å². The van der Waals surface area contributed by atoms with Crippen LogP contribution in [0, 0.1) is 0 Å². The Hall–Kier alpha value is -1.10. The van der Waals surface area contributed by atoms with E-state index >= 15 is 0 Å². The molecule has 1 heterocycles. The molecule has 0 saturated carbocycles. The summed E-state index contributed by atoms with van der Waals surface area (Å²) in [7, 11) is 0. The van der Waals surface area contributed by atoms with Crippen molar-refractivity contribution in [2.75, 3.05) is 5.32 Å². The summed E-state index contributed by atoms with van der Waals surface area (Å²) < 4.78 is 2.23. The number of aromatic nitrogens is 1. The molecule has 0 radical (unpaired) electrons. The van der Waals surface area contributed by atoms with Crippen LogP contribution in [0.2, 0.25) is 5.02 Å². The van der Waals surface area contributed by atoms with Crippen LogP contribution in [0.5, 0.6) is 0 Å². The lowest BCUT2D eigenvalue weighted by Gasteiger charge is -2.20. The Morgan fingerprint density at radius 3 is 2.71 bits per heavy atom. The van der Waals surface area contributed by atoms with Crippen LogP contribution < -0.4 is 5.32 Å². The molecule has 2 aromatic carbocycles. The minimum absolute atomic E-state index is 0.211. The second kappa shape index (κ2) is 6.34. The summed E-state index contributed by atoms with van der Waals surface area (Å²) in [6.07, 6.45) is 0.971. The zero-order valence-electron chi connectivity index (χ0n) is 11.4. The number of hydrogen-bond acceptors (Lipinski definition) is 3. The van der Waals surface area contributed by atoms with E-state index in [0.717, 1.165) is 26.8 Å². The number of rotatable bonds is 4. The van der Waals surface area contributed by atoms with Crippen LogP contribution in [-0.4, -0.2) is 4.98 Å². The molecule has 108 valence electrons. The first-order valence-electron chi connectivity index (χ1n) is 6.72. The fourth-order valence-corrected chi connectivity index (χ4v) is 3.49. The van der Waals surface area contributed by atoms with Crippen molar-refractivity contribution in [1.82, 2.24) is 4.98 Å². The Bertz CT molecular complexity index is 755. The summed E-state index contributed by atoms with van der Waals surface area (Å²) in [4.78, 5) is 4.44. The monoisotopic (exact) mass is 380 g/mol. The van der Waals surface area contributed by atoms with Crippen molar-refractivity contribution in [2.24, 2.45) is 0 Å². The van der Waals surface area contributed by atoms with Gasteiger partial charge in [0.1, 0.15) is 5.52 Å². The molecule has 21 heavy (non-hydrogen) atoms. The van der Waals surface area contributed by atoms with Gasteiger partial charge in [0.25, 0.3) is 0 Å². The number of fused-ring (bicyclic) bond motifs is 1. The molecule has 0 fully saturated rings. The molecule has 1 N–H and O–H groups in total. The van der Waals surface area contributed by atoms with Gasteiger partial charge in [0, 0.05) is 4.47 Å². The van der Waals surface area contributed by atoms with Crippen molar-refractivity contribution in [3.63, 3.8) is 0 Å². The van der Waals surface area contributed by atoms with Gasteiger partial charge in [0.15, 0.2) is 0 Å². The molecule has 1 atom stereocenters.